The number of morpholine rings is 1. The topological polar surface area (TPSA) is 53.0 Å². The number of likely N-dealkylation sites (N-methyl/N-ethyl adjacent to an activating group) is 1. The number of hydrogen-bond acceptors (Lipinski definition) is 4. The Labute approximate surface area is 89.6 Å². The summed E-state index contributed by atoms with van der Waals surface area (Å²) >= 11 is 0. The van der Waals surface area contributed by atoms with Gasteiger partial charge in [-0.3, -0.25) is 4.79 Å². The van der Waals surface area contributed by atoms with Crippen LogP contribution in [0.1, 0.15) is 0 Å². The smallest absolute Gasteiger partial charge is 0.229 e. The highest BCUT2D eigenvalue weighted by atomic mass is 16.5. The van der Waals surface area contributed by atoms with Crippen molar-refractivity contribution in [3.8, 4) is 0 Å². The summed E-state index contributed by atoms with van der Waals surface area (Å²) in [5, 5.41) is 9.74. The van der Waals surface area contributed by atoms with Crippen molar-refractivity contribution in [1.82, 2.24) is 9.80 Å². The molecule has 5 heteroatoms. The first-order valence-electron chi connectivity index (χ1n) is 5.41. The molecule has 0 saturated carbocycles. The zero-order valence-electron chi connectivity index (χ0n) is 9.06. The quantitative estimate of drug-likeness (QED) is 0.594. The molecule has 2 aliphatic heterocycles. The second-order valence-corrected chi connectivity index (χ2v) is 4.33. The van der Waals surface area contributed by atoms with Gasteiger partial charge in [0.25, 0.3) is 0 Å². The van der Waals surface area contributed by atoms with Crippen LogP contribution in [0.25, 0.3) is 0 Å². The van der Waals surface area contributed by atoms with E-state index in [4.69, 9.17) is 4.74 Å². The summed E-state index contributed by atoms with van der Waals surface area (Å²) in [7, 11) is 1.93. The molecular formula is C10H18N2O3. The van der Waals surface area contributed by atoms with E-state index < -0.39 is 6.10 Å². The zero-order valence-corrected chi connectivity index (χ0v) is 9.06. The Kier molecular flexibility index (Phi) is 3.23. The number of nitrogens with zero attached hydrogens (tertiary/aromatic N) is 2. The standard InChI is InChI=1S/C10H18N2O3/c1-11-6-8(9(13)7-11)10(14)12-2-4-15-5-3-12/h8-9,13H,2-7H2,1H3. The van der Waals surface area contributed by atoms with Crippen LogP contribution in [-0.2, 0) is 9.53 Å². The highest BCUT2D eigenvalue weighted by molar-refractivity contribution is 5.80. The van der Waals surface area contributed by atoms with Gasteiger partial charge in [-0.2, -0.15) is 0 Å². The molecule has 15 heavy (non-hydrogen) atoms. The lowest BCUT2D eigenvalue weighted by atomic mass is 10.0. The van der Waals surface area contributed by atoms with Gasteiger partial charge in [-0.05, 0) is 7.05 Å². The Morgan fingerprint density at radius 2 is 2.00 bits per heavy atom. The fraction of sp³-hybridized carbons (Fsp3) is 0.900. The van der Waals surface area contributed by atoms with Gasteiger partial charge in [0.2, 0.25) is 5.91 Å². The van der Waals surface area contributed by atoms with Gasteiger partial charge >= 0.3 is 0 Å². The second kappa shape index (κ2) is 4.47. The number of hydrogen-bond donors (Lipinski definition) is 1. The van der Waals surface area contributed by atoms with Gasteiger partial charge in [0.15, 0.2) is 0 Å². The van der Waals surface area contributed by atoms with E-state index in [1.165, 1.54) is 0 Å². The summed E-state index contributed by atoms with van der Waals surface area (Å²) < 4.78 is 5.19. The van der Waals surface area contributed by atoms with Crippen LogP contribution in [0.4, 0.5) is 0 Å². The van der Waals surface area contributed by atoms with Gasteiger partial charge in [-0.1, -0.05) is 0 Å². The third-order valence-corrected chi connectivity index (χ3v) is 3.11. The fourth-order valence-electron chi connectivity index (χ4n) is 2.24. The van der Waals surface area contributed by atoms with Crippen molar-refractivity contribution in [3.05, 3.63) is 0 Å². The summed E-state index contributed by atoms with van der Waals surface area (Å²) in [6, 6.07) is 0. The molecule has 0 aromatic heterocycles. The van der Waals surface area contributed by atoms with Gasteiger partial charge in [0.1, 0.15) is 0 Å². The lowest BCUT2D eigenvalue weighted by Gasteiger charge is -2.29. The van der Waals surface area contributed by atoms with E-state index in [1.807, 2.05) is 11.9 Å². The van der Waals surface area contributed by atoms with Crippen molar-refractivity contribution < 1.29 is 14.6 Å². The predicted molar refractivity (Wildman–Crippen MR) is 54.4 cm³/mol. The number of rotatable bonds is 1. The molecule has 2 unspecified atom stereocenters. The number of carbonyl (C=O) groups excluding carboxylic acids is 1. The van der Waals surface area contributed by atoms with Crippen LogP contribution in [0.5, 0.6) is 0 Å². The molecule has 2 rings (SSSR count). The summed E-state index contributed by atoms with van der Waals surface area (Å²) in [6.45, 7) is 3.81. The number of β-amino-alcohol motifs (C(OH)–C–C–N with tert-alkyl or cyclic N) is 1. The van der Waals surface area contributed by atoms with Gasteiger partial charge < -0.3 is 19.6 Å². The maximum Gasteiger partial charge on any atom is 0.229 e. The van der Waals surface area contributed by atoms with Crippen molar-refractivity contribution in [1.29, 1.82) is 0 Å². The molecule has 0 bridgehead atoms. The van der Waals surface area contributed by atoms with E-state index in [0.717, 1.165) is 0 Å². The summed E-state index contributed by atoms with van der Waals surface area (Å²) in [5.41, 5.74) is 0. The molecule has 0 radical (unpaired) electrons. The largest absolute Gasteiger partial charge is 0.391 e. The Morgan fingerprint density at radius 3 is 2.53 bits per heavy atom. The Bertz CT molecular complexity index is 241. The first kappa shape index (κ1) is 10.9. The molecular weight excluding hydrogens is 196 g/mol. The highest BCUT2D eigenvalue weighted by Gasteiger charge is 2.37. The average Bonchev–Trinajstić information content (AvgIpc) is 2.58. The van der Waals surface area contributed by atoms with Crippen LogP contribution in [0.15, 0.2) is 0 Å². The maximum atomic E-state index is 12.0. The number of carbonyl (C=O) groups is 1. The van der Waals surface area contributed by atoms with Crippen LogP contribution in [0, 0.1) is 5.92 Å². The van der Waals surface area contributed by atoms with Crippen LogP contribution in [-0.4, -0.2) is 73.4 Å². The van der Waals surface area contributed by atoms with Crippen LogP contribution in [0.2, 0.25) is 0 Å². The summed E-state index contributed by atoms with van der Waals surface area (Å²) in [5.74, 6) is -0.164. The predicted octanol–water partition coefficient (Wildman–Crippen LogP) is -1.23. The fourth-order valence-corrected chi connectivity index (χ4v) is 2.24. The highest BCUT2D eigenvalue weighted by Crippen LogP contribution is 2.18. The van der Waals surface area contributed by atoms with E-state index in [2.05, 4.69) is 0 Å². The minimum Gasteiger partial charge on any atom is -0.391 e. The van der Waals surface area contributed by atoms with Crippen LogP contribution < -0.4 is 0 Å². The van der Waals surface area contributed by atoms with Gasteiger partial charge in [0, 0.05) is 26.2 Å². The normalized spacial score (nSPS) is 33.3. The molecule has 0 spiro atoms. The Hall–Kier alpha value is -0.650. The van der Waals surface area contributed by atoms with Gasteiger partial charge in [0.05, 0.1) is 25.2 Å². The van der Waals surface area contributed by atoms with Gasteiger partial charge in [-0.25, -0.2) is 0 Å². The van der Waals surface area contributed by atoms with E-state index in [9.17, 15) is 9.90 Å². The minimum atomic E-state index is -0.509. The van der Waals surface area contributed by atoms with Crippen molar-refractivity contribution in [2.24, 2.45) is 5.92 Å². The summed E-state index contributed by atoms with van der Waals surface area (Å²) in [4.78, 5) is 15.8. The molecule has 1 amide bonds. The first-order chi connectivity index (χ1) is 7.18. The lowest BCUT2D eigenvalue weighted by Crippen LogP contribution is -2.46. The number of ether oxygens (including phenoxy) is 1. The maximum absolute atomic E-state index is 12.0. The SMILES string of the molecule is CN1CC(O)C(C(=O)N2CCOCC2)C1. The molecule has 0 aromatic carbocycles. The number of amides is 1. The lowest BCUT2D eigenvalue weighted by molar-refractivity contribution is -0.141. The molecule has 2 saturated heterocycles. The number of aliphatic hydroxyl groups is 1. The van der Waals surface area contributed by atoms with E-state index in [1.54, 1.807) is 4.90 Å². The molecule has 2 heterocycles. The van der Waals surface area contributed by atoms with Crippen LogP contribution in [0.3, 0.4) is 0 Å². The van der Waals surface area contributed by atoms with E-state index in [-0.39, 0.29) is 11.8 Å². The molecule has 5 nitrogen and oxygen atoms in total. The van der Waals surface area contributed by atoms with E-state index in [0.29, 0.717) is 39.4 Å². The zero-order chi connectivity index (χ0) is 10.8. The van der Waals surface area contributed by atoms with Crippen molar-refractivity contribution >= 4 is 5.91 Å². The third-order valence-electron chi connectivity index (χ3n) is 3.11. The Morgan fingerprint density at radius 1 is 1.33 bits per heavy atom. The van der Waals surface area contributed by atoms with Crippen LogP contribution >= 0.6 is 0 Å². The molecule has 2 fully saturated rings. The van der Waals surface area contributed by atoms with Crippen molar-refractivity contribution in [2.75, 3.05) is 46.4 Å². The summed E-state index contributed by atoms with van der Waals surface area (Å²) in [6.07, 6.45) is -0.509. The van der Waals surface area contributed by atoms with Gasteiger partial charge in [-0.15, -0.1) is 0 Å². The molecule has 86 valence electrons. The average molecular weight is 214 g/mol. The molecule has 2 atom stereocenters. The Balaban J connectivity index is 1.94. The first-order valence-corrected chi connectivity index (χ1v) is 5.41. The molecule has 0 aromatic rings. The minimum absolute atomic E-state index is 0.0788. The molecule has 2 aliphatic rings. The van der Waals surface area contributed by atoms with Crippen molar-refractivity contribution in [3.63, 3.8) is 0 Å². The molecule has 0 aliphatic carbocycles. The second-order valence-electron chi connectivity index (χ2n) is 4.33. The molecule has 1 N–H and O–H groups in total. The third kappa shape index (κ3) is 2.30. The number of aliphatic hydroxyl groups excluding tert-OH is 1. The number of likely N-dealkylation sites (tertiary alicyclic amines) is 1. The monoisotopic (exact) mass is 214 g/mol. The van der Waals surface area contributed by atoms with Crippen molar-refractivity contribution in [2.45, 2.75) is 6.10 Å². The van der Waals surface area contributed by atoms with E-state index >= 15 is 0 Å².